The van der Waals surface area contributed by atoms with E-state index < -0.39 is 42.1 Å². The van der Waals surface area contributed by atoms with Gasteiger partial charge in [-0.15, -0.1) is 0 Å². The quantitative estimate of drug-likeness (QED) is 0.219. The standard InChI is InChI=1S/C11H12N2O2.C9H11NO2.C4H9NO3/c12-9(11(14)15)5-7-6-13-10-4-2-1-3-8(7)10;10-8(9(11)12)6-7-4-2-1-3-5-7;1-2(6)3(5)4(7)8/h1-4,6,9,13H,5,12H2,(H,14,15);1-5,8H,6,10H2,(H,11,12);2-3,6H,5H2,1H3,(H,7,8)/t9-;8-;2-,3+/m001/s1. The van der Waals surface area contributed by atoms with Crippen LogP contribution in [0.1, 0.15) is 18.1 Å². The van der Waals surface area contributed by atoms with Gasteiger partial charge in [-0.1, -0.05) is 48.5 Å². The van der Waals surface area contributed by atoms with Gasteiger partial charge < -0.3 is 42.6 Å². The predicted octanol–water partition coefficient (Wildman–Crippen LogP) is 0.542. The number of H-pyrrole nitrogens is 1. The van der Waals surface area contributed by atoms with Crippen LogP contribution in [0.5, 0.6) is 0 Å². The highest BCUT2D eigenvalue weighted by molar-refractivity contribution is 5.84. The minimum absolute atomic E-state index is 0.347. The second-order valence-electron chi connectivity index (χ2n) is 7.75. The number of carbonyl (C=O) groups is 3. The molecule has 35 heavy (non-hydrogen) atoms. The number of rotatable bonds is 8. The Labute approximate surface area is 202 Å². The van der Waals surface area contributed by atoms with Crippen LogP contribution in [0.15, 0.2) is 60.8 Å². The van der Waals surface area contributed by atoms with Crippen LogP contribution in [0, 0.1) is 0 Å². The number of nitrogens with one attached hydrogen (secondary N) is 1. The van der Waals surface area contributed by atoms with Crippen LogP contribution < -0.4 is 17.2 Å². The van der Waals surface area contributed by atoms with Crippen LogP contribution >= 0.6 is 0 Å². The fourth-order valence-electron chi connectivity index (χ4n) is 2.79. The van der Waals surface area contributed by atoms with Crippen molar-refractivity contribution in [2.24, 2.45) is 17.2 Å². The van der Waals surface area contributed by atoms with E-state index in [4.69, 9.17) is 37.6 Å². The average molecular weight is 489 g/mol. The molecule has 3 rings (SSSR count). The molecule has 0 saturated heterocycles. The lowest BCUT2D eigenvalue weighted by molar-refractivity contribution is -0.141. The van der Waals surface area contributed by atoms with Gasteiger partial charge in [0.1, 0.15) is 18.1 Å². The van der Waals surface area contributed by atoms with Gasteiger partial charge in [-0.2, -0.15) is 0 Å². The minimum Gasteiger partial charge on any atom is -0.480 e. The summed E-state index contributed by atoms with van der Waals surface area (Å²) in [5.74, 6) is -3.11. The first-order valence-corrected chi connectivity index (χ1v) is 10.7. The molecule has 190 valence electrons. The molecule has 0 aliphatic heterocycles. The normalized spacial score (nSPS) is 13.7. The van der Waals surface area contributed by atoms with Crippen molar-refractivity contribution in [2.45, 2.75) is 44.0 Å². The molecule has 2 aromatic carbocycles. The van der Waals surface area contributed by atoms with Gasteiger partial charge in [-0.25, -0.2) is 0 Å². The molecule has 0 unspecified atom stereocenters. The molecule has 1 aromatic heterocycles. The Morgan fingerprint density at radius 1 is 0.800 bits per heavy atom. The van der Waals surface area contributed by atoms with Crippen molar-refractivity contribution < 1.29 is 34.8 Å². The van der Waals surface area contributed by atoms with Crippen LogP contribution in [-0.4, -0.2) is 67.5 Å². The number of aliphatic hydroxyl groups is 1. The highest BCUT2D eigenvalue weighted by Crippen LogP contribution is 2.18. The molecular weight excluding hydrogens is 456 g/mol. The van der Waals surface area contributed by atoms with Crippen LogP contribution in [0.4, 0.5) is 0 Å². The Balaban J connectivity index is 0.000000277. The molecule has 0 aliphatic carbocycles. The van der Waals surface area contributed by atoms with Crippen molar-refractivity contribution in [3.05, 3.63) is 71.9 Å². The molecule has 0 aliphatic rings. The number of fused-ring (bicyclic) bond motifs is 1. The van der Waals surface area contributed by atoms with E-state index in [0.717, 1.165) is 22.0 Å². The van der Waals surface area contributed by atoms with Crippen molar-refractivity contribution in [2.75, 3.05) is 0 Å². The van der Waals surface area contributed by atoms with E-state index in [1.165, 1.54) is 6.92 Å². The first-order valence-electron chi connectivity index (χ1n) is 10.7. The lowest BCUT2D eigenvalue weighted by atomic mass is 10.1. The summed E-state index contributed by atoms with van der Waals surface area (Å²) in [5, 5.41) is 34.8. The van der Waals surface area contributed by atoms with Gasteiger partial charge in [0.2, 0.25) is 0 Å². The van der Waals surface area contributed by atoms with Crippen molar-refractivity contribution in [1.29, 1.82) is 0 Å². The maximum absolute atomic E-state index is 10.6. The van der Waals surface area contributed by atoms with Gasteiger partial charge in [-0.3, -0.25) is 14.4 Å². The van der Waals surface area contributed by atoms with Crippen molar-refractivity contribution in [3.63, 3.8) is 0 Å². The molecular formula is C24H32N4O7. The van der Waals surface area contributed by atoms with E-state index in [0.29, 0.717) is 12.8 Å². The van der Waals surface area contributed by atoms with E-state index in [2.05, 4.69) is 4.98 Å². The number of nitrogens with two attached hydrogens (primary N) is 3. The number of hydrogen-bond donors (Lipinski definition) is 8. The Bertz CT molecular complexity index is 1090. The molecule has 0 fully saturated rings. The number of carboxylic acids is 3. The number of hydrogen-bond acceptors (Lipinski definition) is 7. The van der Waals surface area contributed by atoms with Gasteiger partial charge in [0.25, 0.3) is 0 Å². The van der Waals surface area contributed by atoms with Crippen LogP contribution in [0.3, 0.4) is 0 Å². The number of aliphatic carboxylic acids is 3. The number of benzene rings is 2. The molecule has 0 spiro atoms. The zero-order valence-electron chi connectivity index (χ0n) is 19.2. The minimum atomic E-state index is -1.18. The number of aromatic amines is 1. The molecule has 1 heterocycles. The molecule has 4 atom stereocenters. The third-order valence-corrected chi connectivity index (χ3v) is 4.85. The summed E-state index contributed by atoms with van der Waals surface area (Å²) in [6.45, 7) is 1.33. The zero-order valence-corrected chi connectivity index (χ0v) is 19.2. The fraction of sp³-hybridized carbons (Fsp3) is 0.292. The third kappa shape index (κ3) is 10.4. The lowest BCUT2D eigenvalue weighted by Gasteiger charge is -2.06. The zero-order chi connectivity index (χ0) is 26.5. The summed E-state index contributed by atoms with van der Waals surface area (Å²) >= 11 is 0. The Morgan fingerprint density at radius 2 is 1.31 bits per heavy atom. The second-order valence-corrected chi connectivity index (χ2v) is 7.75. The monoisotopic (exact) mass is 488 g/mol. The summed E-state index contributed by atoms with van der Waals surface area (Å²) in [6, 6.07) is 14.3. The smallest absolute Gasteiger partial charge is 0.323 e. The summed E-state index contributed by atoms with van der Waals surface area (Å²) in [7, 11) is 0. The van der Waals surface area contributed by atoms with E-state index in [1.54, 1.807) is 0 Å². The number of aliphatic hydroxyl groups excluding tert-OH is 1. The summed E-state index contributed by atoms with van der Waals surface area (Å²) in [4.78, 5) is 33.9. The first kappa shape index (κ1) is 29.3. The highest BCUT2D eigenvalue weighted by Gasteiger charge is 2.16. The first-order chi connectivity index (χ1) is 16.4. The molecule has 0 bridgehead atoms. The summed E-state index contributed by atoms with van der Waals surface area (Å²) in [5.41, 5.74) is 18.6. The maximum atomic E-state index is 10.6. The maximum Gasteiger partial charge on any atom is 0.323 e. The second kappa shape index (κ2) is 14.5. The van der Waals surface area contributed by atoms with E-state index >= 15 is 0 Å². The Kier molecular flexibility index (Phi) is 12.1. The van der Waals surface area contributed by atoms with Crippen molar-refractivity contribution in [3.8, 4) is 0 Å². The Hall–Kier alpha value is -3.77. The van der Waals surface area contributed by atoms with Gasteiger partial charge in [0.05, 0.1) is 6.10 Å². The summed E-state index contributed by atoms with van der Waals surface area (Å²) < 4.78 is 0. The van der Waals surface area contributed by atoms with Gasteiger partial charge in [0.15, 0.2) is 0 Å². The molecule has 0 amide bonds. The highest BCUT2D eigenvalue weighted by atomic mass is 16.4. The van der Waals surface area contributed by atoms with Crippen molar-refractivity contribution >= 4 is 28.8 Å². The van der Waals surface area contributed by atoms with E-state index in [1.807, 2.05) is 60.8 Å². The van der Waals surface area contributed by atoms with Gasteiger partial charge in [-0.05, 0) is 30.5 Å². The van der Waals surface area contributed by atoms with Crippen molar-refractivity contribution in [1.82, 2.24) is 4.98 Å². The number of para-hydroxylation sites is 1. The molecule has 11 N–H and O–H groups in total. The molecule has 11 heteroatoms. The number of carboxylic acid groups (broad SMARTS) is 3. The van der Waals surface area contributed by atoms with Crippen LogP contribution in [0.2, 0.25) is 0 Å². The fourth-order valence-corrected chi connectivity index (χ4v) is 2.79. The molecule has 3 aromatic rings. The predicted molar refractivity (Wildman–Crippen MR) is 131 cm³/mol. The topological polar surface area (TPSA) is 226 Å². The van der Waals surface area contributed by atoms with Crippen LogP contribution in [-0.2, 0) is 27.2 Å². The largest absolute Gasteiger partial charge is 0.480 e. The van der Waals surface area contributed by atoms with E-state index in [-0.39, 0.29) is 0 Å². The van der Waals surface area contributed by atoms with Crippen LogP contribution in [0.25, 0.3) is 10.9 Å². The summed E-state index contributed by atoms with van der Waals surface area (Å²) in [6.07, 6.45) is 1.57. The molecule has 0 saturated carbocycles. The lowest BCUT2D eigenvalue weighted by Crippen LogP contribution is -2.39. The van der Waals surface area contributed by atoms with Gasteiger partial charge in [0, 0.05) is 23.5 Å². The van der Waals surface area contributed by atoms with E-state index in [9.17, 15) is 14.4 Å². The molecule has 11 nitrogen and oxygen atoms in total. The average Bonchev–Trinajstić information content (AvgIpc) is 3.22. The Morgan fingerprint density at radius 3 is 1.80 bits per heavy atom. The van der Waals surface area contributed by atoms with Gasteiger partial charge >= 0.3 is 17.9 Å². The third-order valence-electron chi connectivity index (χ3n) is 4.85. The molecule has 0 radical (unpaired) electrons. The SMILES string of the molecule is C[C@@H](O)[C@H](N)C(=O)O.N[C@@H](Cc1c[nH]c2ccccc12)C(=O)O.N[C@@H](Cc1ccccc1)C(=O)O. The number of aromatic nitrogens is 1.